The fraction of sp³-hybridized carbons (Fsp3) is 0.250. The highest BCUT2D eigenvalue weighted by Crippen LogP contribution is 2.12. The lowest BCUT2D eigenvalue weighted by atomic mass is 10.1. The van der Waals surface area contributed by atoms with Gasteiger partial charge in [0, 0.05) is 17.6 Å². The van der Waals surface area contributed by atoms with Crippen molar-refractivity contribution in [3.8, 4) is 0 Å². The van der Waals surface area contributed by atoms with E-state index in [0.29, 0.717) is 23.8 Å². The highest BCUT2D eigenvalue weighted by molar-refractivity contribution is 6.30. The maximum Gasteiger partial charge on any atom is 0.310 e. The van der Waals surface area contributed by atoms with E-state index in [2.05, 4.69) is 10.3 Å². The van der Waals surface area contributed by atoms with Crippen molar-refractivity contribution >= 4 is 29.1 Å². The number of halogens is 1. The number of rotatable bonds is 8. The summed E-state index contributed by atoms with van der Waals surface area (Å²) in [5.41, 5.74) is 0.786. The standard InChI is InChI=1S/C16H16ClN3O4/c17-13-4-2-12(3-5-13)10-16(21)24-9-1-8-18-15-7-6-14(11-19-15)20(22)23/h2-7,11H,1,8-10H2,(H,18,19). The Balaban J connectivity index is 1.63. The van der Waals surface area contributed by atoms with Crippen LogP contribution in [-0.2, 0) is 16.0 Å². The molecule has 0 aliphatic heterocycles. The van der Waals surface area contributed by atoms with E-state index in [4.69, 9.17) is 16.3 Å². The Morgan fingerprint density at radius 1 is 1.25 bits per heavy atom. The molecule has 0 saturated heterocycles. The summed E-state index contributed by atoms with van der Waals surface area (Å²) in [5, 5.41) is 14.1. The number of nitrogens with one attached hydrogen (secondary N) is 1. The quantitative estimate of drug-likeness (QED) is 0.340. The topological polar surface area (TPSA) is 94.4 Å². The summed E-state index contributed by atoms with van der Waals surface area (Å²) in [6.07, 6.45) is 1.99. The van der Waals surface area contributed by atoms with Crippen molar-refractivity contribution in [2.45, 2.75) is 12.8 Å². The summed E-state index contributed by atoms with van der Waals surface area (Å²) in [4.78, 5) is 25.6. The van der Waals surface area contributed by atoms with Crippen LogP contribution < -0.4 is 5.32 Å². The zero-order valence-corrected chi connectivity index (χ0v) is 13.5. The summed E-state index contributed by atoms with van der Waals surface area (Å²) in [7, 11) is 0. The number of ether oxygens (including phenoxy) is 1. The molecule has 2 rings (SSSR count). The van der Waals surface area contributed by atoms with Gasteiger partial charge in [0.25, 0.3) is 5.69 Å². The van der Waals surface area contributed by atoms with Crippen molar-refractivity contribution < 1.29 is 14.5 Å². The first-order chi connectivity index (χ1) is 11.5. The fourth-order valence-electron chi connectivity index (χ4n) is 1.89. The number of hydrogen-bond acceptors (Lipinski definition) is 6. The second-order valence-electron chi connectivity index (χ2n) is 4.96. The first-order valence-electron chi connectivity index (χ1n) is 7.29. The smallest absolute Gasteiger partial charge is 0.310 e. The summed E-state index contributed by atoms with van der Waals surface area (Å²) in [6, 6.07) is 9.93. The van der Waals surface area contributed by atoms with E-state index in [1.807, 2.05) is 0 Å². The highest BCUT2D eigenvalue weighted by atomic mass is 35.5. The molecule has 1 aromatic carbocycles. The molecule has 0 bridgehead atoms. The van der Waals surface area contributed by atoms with E-state index < -0.39 is 4.92 Å². The number of nitro groups is 1. The lowest BCUT2D eigenvalue weighted by Crippen LogP contribution is -2.12. The van der Waals surface area contributed by atoms with E-state index in [1.165, 1.54) is 18.3 Å². The SMILES string of the molecule is O=C(Cc1ccc(Cl)cc1)OCCCNc1ccc([N+](=O)[O-])cn1. The van der Waals surface area contributed by atoms with Crippen LogP contribution in [-0.4, -0.2) is 29.0 Å². The van der Waals surface area contributed by atoms with E-state index in [9.17, 15) is 14.9 Å². The van der Waals surface area contributed by atoms with Crippen molar-refractivity contribution in [2.75, 3.05) is 18.5 Å². The van der Waals surface area contributed by atoms with Gasteiger partial charge in [-0.1, -0.05) is 23.7 Å². The Bertz CT molecular complexity index is 689. The van der Waals surface area contributed by atoms with Crippen LogP contribution in [0.4, 0.5) is 11.5 Å². The zero-order valence-electron chi connectivity index (χ0n) is 12.8. The molecule has 0 atom stereocenters. The maximum absolute atomic E-state index is 11.7. The molecule has 0 spiro atoms. The molecule has 8 heteroatoms. The molecule has 1 heterocycles. The van der Waals surface area contributed by atoms with Gasteiger partial charge in [-0.2, -0.15) is 0 Å². The van der Waals surface area contributed by atoms with E-state index in [0.717, 1.165) is 5.56 Å². The van der Waals surface area contributed by atoms with E-state index in [1.54, 1.807) is 24.3 Å². The van der Waals surface area contributed by atoms with Gasteiger partial charge in [-0.05, 0) is 30.2 Å². The third-order valence-electron chi connectivity index (χ3n) is 3.11. The highest BCUT2D eigenvalue weighted by Gasteiger charge is 2.06. The van der Waals surface area contributed by atoms with E-state index in [-0.39, 0.29) is 24.7 Å². The summed E-state index contributed by atoms with van der Waals surface area (Å²) < 4.78 is 5.14. The van der Waals surface area contributed by atoms with Crippen LogP contribution in [0.2, 0.25) is 5.02 Å². The number of anilines is 1. The number of pyridine rings is 1. The molecule has 0 radical (unpaired) electrons. The largest absolute Gasteiger partial charge is 0.465 e. The predicted molar refractivity (Wildman–Crippen MR) is 90.1 cm³/mol. The predicted octanol–water partition coefficient (Wildman–Crippen LogP) is 3.23. The zero-order chi connectivity index (χ0) is 17.4. The maximum atomic E-state index is 11.7. The normalized spacial score (nSPS) is 10.2. The summed E-state index contributed by atoms with van der Waals surface area (Å²) in [6.45, 7) is 0.825. The number of carbonyl (C=O) groups is 1. The third-order valence-corrected chi connectivity index (χ3v) is 3.36. The molecule has 7 nitrogen and oxygen atoms in total. The number of carbonyl (C=O) groups excluding carboxylic acids is 1. The molecule has 0 aliphatic carbocycles. The molecule has 0 fully saturated rings. The molecule has 0 aliphatic rings. The Kier molecular flexibility index (Phi) is 6.51. The number of nitrogens with zero attached hydrogens (tertiary/aromatic N) is 2. The van der Waals surface area contributed by atoms with Gasteiger partial charge >= 0.3 is 5.97 Å². The van der Waals surface area contributed by atoms with Crippen LogP contribution in [0.3, 0.4) is 0 Å². The third kappa shape index (κ3) is 5.85. The average molecular weight is 350 g/mol. The minimum absolute atomic E-state index is 0.0586. The van der Waals surface area contributed by atoms with Crippen LogP contribution >= 0.6 is 11.6 Å². The molecule has 24 heavy (non-hydrogen) atoms. The van der Waals surface area contributed by atoms with Gasteiger partial charge in [-0.25, -0.2) is 4.98 Å². The molecule has 126 valence electrons. The molecule has 0 amide bonds. The van der Waals surface area contributed by atoms with Crippen LogP contribution in [0.5, 0.6) is 0 Å². The van der Waals surface area contributed by atoms with Gasteiger partial charge in [0.15, 0.2) is 0 Å². The van der Waals surface area contributed by atoms with Crippen molar-refractivity contribution in [3.63, 3.8) is 0 Å². The van der Waals surface area contributed by atoms with Gasteiger partial charge in [-0.3, -0.25) is 14.9 Å². The second kappa shape index (κ2) is 8.83. The first kappa shape index (κ1) is 17.7. The summed E-state index contributed by atoms with van der Waals surface area (Å²) >= 11 is 5.78. The van der Waals surface area contributed by atoms with Gasteiger partial charge < -0.3 is 10.1 Å². The monoisotopic (exact) mass is 349 g/mol. The average Bonchev–Trinajstić information content (AvgIpc) is 2.57. The van der Waals surface area contributed by atoms with Crippen LogP contribution in [0.15, 0.2) is 42.6 Å². The van der Waals surface area contributed by atoms with Crippen molar-refractivity contribution in [2.24, 2.45) is 0 Å². The number of hydrogen-bond donors (Lipinski definition) is 1. The van der Waals surface area contributed by atoms with Crippen LogP contribution in [0, 0.1) is 10.1 Å². The molecule has 1 N–H and O–H groups in total. The van der Waals surface area contributed by atoms with Gasteiger partial charge in [0.2, 0.25) is 0 Å². The van der Waals surface area contributed by atoms with E-state index >= 15 is 0 Å². The fourth-order valence-corrected chi connectivity index (χ4v) is 2.02. The molecule has 0 saturated carbocycles. The molecular weight excluding hydrogens is 334 g/mol. The Morgan fingerprint density at radius 2 is 2.00 bits per heavy atom. The lowest BCUT2D eigenvalue weighted by molar-refractivity contribution is -0.385. The molecule has 2 aromatic rings. The minimum atomic E-state index is -0.503. The second-order valence-corrected chi connectivity index (χ2v) is 5.40. The van der Waals surface area contributed by atoms with Crippen LogP contribution in [0.1, 0.15) is 12.0 Å². The first-order valence-corrected chi connectivity index (χ1v) is 7.67. The van der Waals surface area contributed by atoms with Crippen molar-refractivity contribution in [1.29, 1.82) is 0 Å². The van der Waals surface area contributed by atoms with Crippen molar-refractivity contribution in [1.82, 2.24) is 4.98 Å². The number of esters is 1. The number of aromatic nitrogens is 1. The van der Waals surface area contributed by atoms with Gasteiger partial charge in [-0.15, -0.1) is 0 Å². The Hall–Kier alpha value is -2.67. The number of benzene rings is 1. The molecule has 1 aromatic heterocycles. The van der Waals surface area contributed by atoms with Crippen LogP contribution in [0.25, 0.3) is 0 Å². The minimum Gasteiger partial charge on any atom is -0.465 e. The van der Waals surface area contributed by atoms with Crippen molar-refractivity contribution in [3.05, 3.63) is 63.3 Å². The summed E-state index contributed by atoms with van der Waals surface area (Å²) in [5.74, 6) is 0.235. The Morgan fingerprint density at radius 3 is 2.62 bits per heavy atom. The molecule has 0 unspecified atom stereocenters. The molecular formula is C16H16ClN3O4. The van der Waals surface area contributed by atoms with Gasteiger partial charge in [0.1, 0.15) is 12.0 Å². The Labute approximate surface area is 143 Å². The lowest BCUT2D eigenvalue weighted by Gasteiger charge is -2.07. The van der Waals surface area contributed by atoms with Gasteiger partial charge in [0.05, 0.1) is 18.0 Å².